The van der Waals surface area contributed by atoms with Gasteiger partial charge in [0.25, 0.3) is 5.69 Å². The first-order chi connectivity index (χ1) is 9.47. The van der Waals surface area contributed by atoms with Crippen molar-refractivity contribution in [2.45, 2.75) is 6.61 Å². The second-order valence-corrected chi connectivity index (χ2v) is 6.87. The van der Waals surface area contributed by atoms with Crippen LogP contribution in [0, 0.1) is 13.7 Å². The lowest BCUT2D eigenvalue weighted by atomic mass is 10.2. The Balaban J connectivity index is 2.17. The van der Waals surface area contributed by atoms with Crippen LogP contribution in [-0.4, -0.2) is 4.92 Å². The topological polar surface area (TPSA) is 52.4 Å². The van der Waals surface area contributed by atoms with Gasteiger partial charge in [0.15, 0.2) is 0 Å². The van der Waals surface area contributed by atoms with Crippen molar-refractivity contribution in [3.8, 4) is 5.75 Å². The third-order valence-corrected chi connectivity index (χ3v) is 4.39. The molecular formula is C13H8Br2INO3. The molecule has 0 spiro atoms. The predicted octanol–water partition coefficient (Wildman–Crippen LogP) is 5.30. The van der Waals surface area contributed by atoms with Crippen molar-refractivity contribution in [3.63, 3.8) is 0 Å². The Morgan fingerprint density at radius 3 is 2.20 bits per heavy atom. The first-order valence-electron chi connectivity index (χ1n) is 5.48. The molecule has 0 unspecified atom stereocenters. The Bertz CT molecular complexity index is 624. The molecule has 0 aromatic heterocycles. The molecule has 0 heterocycles. The van der Waals surface area contributed by atoms with Crippen molar-refractivity contribution in [3.05, 3.63) is 64.6 Å². The summed E-state index contributed by atoms with van der Waals surface area (Å²) < 4.78 is 7.96. The number of hydrogen-bond donors (Lipinski definition) is 0. The summed E-state index contributed by atoms with van der Waals surface area (Å²) in [6, 6.07) is 10.8. The molecule has 0 aliphatic heterocycles. The molecule has 2 aromatic carbocycles. The van der Waals surface area contributed by atoms with Crippen LogP contribution in [0.15, 0.2) is 45.3 Å². The van der Waals surface area contributed by atoms with Crippen LogP contribution in [0.1, 0.15) is 5.56 Å². The zero-order valence-corrected chi connectivity index (χ0v) is 15.3. The van der Waals surface area contributed by atoms with Gasteiger partial charge in [0.1, 0.15) is 12.4 Å². The molecule has 0 N–H and O–H groups in total. The first-order valence-corrected chi connectivity index (χ1v) is 8.14. The van der Waals surface area contributed by atoms with Gasteiger partial charge >= 0.3 is 0 Å². The van der Waals surface area contributed by atoms with E-state index in [1.807, 2.05) is 24.3 Å². The second-order valence-electron chi connectivity index (χ2n) is 3.91. The van der Waals surface area contributed by atoms with Crippen LogP contribution in [0.2, 0.25) is 0 Å². The summed E-state index contributed by atoms with van der Waals surface area (Å²) in [7, 11) is 0. The Morgan fingerprint density at radius 2 is 1.70 bits per heavy atom. The largest absolute Gasteiger partial charge is 0.487 e. The molecule has 0 saturated carbocycles. The molecule has 0 saturated heterocycles. The van der Waals surface area contributed by atoms with Crippen LogP contribution >= 0.6 is 54.5 Å². The highest BCUT2D eigenvalue weighted by atomic mass is 127. The number of nitro groups is 1. The van der Waals surface area contributed by atoms with E-state index < -0.39 is 4.92 Å². The third-order valence-electron chi connectivity index (χ3n) is 2.49. The van der Waals surface area contributed by atoms with Crippen LogP contribution in [0.3, 0.4) is 0 Å². The summed E-state index contributed by atoms with van der Waals surface area (Å²) >= 11 is 8.82. The molecule has 0 amide bonds. The van der Waals surface area contributed by atoms with Crippen LogP contribution < -0.4 is 4.74 Å². The van der Waals surface area contributed by atoms with Gasteiger partial charge in [-0.1, -0.05) is 12.1 Å². The molecule has 0 aliphatic carbocycles. The van der Waals surface area contributed by atoms with E-state index in [9.17, 15) is 10.1 Å². The summed E-state index contributed by atoms with van der Waals surface area (Å²) in [4.78, 5) is 10.3. The van der Waals surface area contributed by atoms with E-state index in [0.29, 0.717) is 21.3 Å². The van der Waals surface area contributed by atoms with E-state index in [4.69, 9.17) is 4.74 Å². The Labute approximate surface area is 146 Å². The van der Waals surface area contributed by atoms with Crippen LogP contribution in [-0.2, 0) is 6.61 Å². The normalized spacial score (nSPS) is 10.3. The number of nitro benzene ring substituents is 1. The van der Waals surface area contributed by atoms with Gasteiger partial charge in [-0.2, -0.15) is 0 Å². The predicted molar refractivity (Wildman–Crippen MR) is 92.0 cm³/mol. The fourth-order valence-electron chi connectivity index (χ4n) is 1.53. The van der Waals surface area contributed by atoms with Gasteiger partial charge in [0.2, 0.25) is 0 Å². The van der Waals surface area contributed by atoms with Gasteiger partial charge in [0, 0.05) is 15.7 Å². The zero-order chi connectivity index (χ0) is 14.7. The van der Waals surface area contributed by atoms with Gasteiger partial charge in [-0.3, -0.25) is 10.1 Å². The van der Waals surface area contributed by atoms with Crippen molar-refractivity contribution < 1.29 is 9.66 Å². The molecule has 0 fully saturated rings. The average molecular weight is 513 g/mol. The Hall–Kier alpha value is -0.670. The summed E-state index contributed by atoms with van der Waals surface area (Å²) in [5.41, 5.74) is 1.04. The first kappa shape index (κ1) is 15.7. The van der Waals surface area contributed by atoms with Crippen LogP contribution in [0.5, 0.6) is 5.75 Å². The molecule has 104 valence electrons. The summed E-state index contributed by atoms with van der Waals surface area (Å²) in [5.74, 6) is 0.550. The Kier molecular flexibility index (Phi) is 5.39. The number of ether oxygens (including phenoxy) is 1. The van der Waals surface area contributed by atoms with E-state index in [1.54, 1.807) is 0 Å². The minimum Gasteiger partial charge on any atom is -0.487 e. The number of benzene rings is 2. The molecule has 7 heteroatoms. The molecule has 0 bridgehead atoms. The van der Waals surface area contributed by atoms with E-state index in [1.165, 1.54) is 12.1 Å². The van der Waals surface area contributed by atoms with Crippen molar-refractivity contribution in [2.75, 3.05) is 0 Å². The molecule has 20 heavy (non-hydrogen) atoms. The van der Waals surface area contributed by atoms with Gasteiger partial charge in [0.05, 0.1) is 13.9 Å². The number of halogens is 3. The van der Waals surface area contributed by atoms with E-state index in [-0.39, 0.29) is 5.69 Å². The molecule has 4 nitrogen and oxygen atoms in total. The zero-order valence-electron chi connectivity index (χ0n) is 9.98. The smallest absolute Gasteiger partial charge is 0.271 e. The van der Waals surface area contributed by atoms with Gasteiger partial charge in [-0.05, 0) is 72.1 Å². The van der Waals surface area contributed by atoms with Gasteiger partial charge in [-0.15, -0.1) is 0 Å². The maximum atomic E-state index is 10.8. The lowest BCUT2D eigenvalue weighted by Crippen LogP contribution is -1.98. The highest BCUT2D eigenvalue weighted by Gasteiger charge is 2.15. The van der Waals surface area contributed by atoms with E-state index in [0.717, 1.165) is 9.13 Å². The summed E-state index contributed by atoms with van der Waals surface area (Å²) in [6.45, 7) is 0.395. The minimum atomic E-state index is -0.446. The van der Waals surface area contributed by atoms with Gasteiger partial charge < -0.3 is 4.74 Å². The van der Waals surface area contributed by atoms with Crippen molar-refractivity contribution in [2.24, 2.45) is 0 Å². The summed E-state index contributed by atoms with van der Waals surface area (Å²) in [6.07, 6.45) is 0. The standard InChI is InChI=1S/C13H8Br2INO3/c14-11-5-10(17(18)19)6-12(15)13(11)20-7-8-1-3-9(16)4-2-8/h1-6H,7H2. The number of nitrogens with zero attached hydrogens (tertiary/aromatic N) is 1. The lowest BCUT2D eigenvalue weighted by molar-refractivity contribution is -0.385. The fraction of sp³-hybridized carbons (Fsp3) is 0.0769. The SMILES string of the molecule is O=[N+]([O-])c1cc(Br)c(OCc2ccc(I)cc2)c(Br)c1. The molecule has 0 atom stereocenters. The van der Waals surface area contributed by atoms with Crippen LogP contribution in [0.4, 0.5) is 5.69 Å². The molecule has 0 radical (unpaired) electrons. The van der Waals surface area contributed by atoms with Crippen molar-refractivity contribution in [1.29, 1.82) is 0 Å². The fourth-order valence-corrected chi connectivity index (χ4v) is 3.28. The minimum absolute atomic E-state index is 0.00497. The molecule has 0 aliphatic rings. The van der Waals surface area contributed by atoms with Crippen molar-refractivity contribution >= 4 is 60.1 Å². The average Bonchev–Trinajstić information content (AvgIpc) is 2.39. The molecule has 2 aromatic rings. The maximum Gasteiger partial charge on any atom is 0.271 e. The lowest BCUT2D eigenvalue weighted by Gasteiger charge is -2.10. The number of rotatable bonds is 4. The van der Waals surface area contributed by atoms with Crippen molar-refractivity contribution in [1.82, 2.24) is 0 Å². The molecular weight excluding hydrogens is 505 g/mol. The quantitative estimate of drug-likeness (QED) is 0.317. The Morgan fingerprint density at radius 1 is 1.15 bits per heavy atom. The third kappa shape index (κ3) is 3.92. The summed E-state index contributed by atoms with van der Waals surface area (Å²) in [5, 5.41) is 10.8. The maximum absolute atomic E-state index is 10.8. The highest BCUT2D eigenvalue weighted by Crippen LogP contribution is 2.37. The van der Waals surface area contributed by atoms with Gasteiger partial charge in [-0.25, -0.2) is 0 Å². The molecule has 2 rings (SSSR count). The van der Waals surface area contributed by atoms with Crippen LogP contribution in [0.25, 0.3) is 0 Å². The number of non-ortho nitro benzene ring substituents is 1. The number of hydrogen-bond acceptors (Lipinski definition) is 3. The highest BCUT2D eigenvalue weighted by molar-refractivity contribution is 14.1. The second kappa shape index (κ2) is 6.86. The monoisotopic (exact) mass is 511 g/mol. The van der Waals surface area contributed by atoms with E-state index >= 15 is 0 Å². The van der Waals surface area contributed by atoms with E-state index in [2.05, 4.69) is 54.5 Å².